The van der Waals surface area contributed by atoms with Gasteiger partial charge in [-0.05, 0) is 23.0 Å². The van der Waals surface area contributed by atoms with Crippen molar-refractivity contribution in [1.82, 2.24) is 0 Å². The maximum absolute atomic E-state index is 9.93. The first-order valence-corrected chi connectivity index (χ1v) is 8.34. The topological polar surface area (TPSA) is 20.2 Å². The van der Waals surface area contributed by atoms with E-state index in [1.54, 1.807) is 0 Å². The molecule has 4 heteroatoms. The van der Waals surface area contributed by atoms with Crippen LogP contribution in [0.15, 0.2) is 54.6 Å². The molecule has 0 aliphatic rings. The van der Waals surface area contributed by atoms with Gasteiger partial charge in [0.2, 0.25) is 0 Å². The molecule has 0 saturated heterocycles. The first-order valence-electron chi connectivity index (χ1n) is 8.34. The standard InChI is InChI=1S/C12H18O.C10H9.2ClH.Ti/c1-8(2)10-6-5-7-11(9(3)4)12(10)13;1-8-6-9-4-2-3-5-10(9)7-8;;;/h5-9,13H,1-4H3;2-7H,1H3;2*1H;/q;-1;;;+3/p-2. The molecule has 3 rings (SSSR count). The SMILES string of the molecule is CC(C)c1cccc(C(C)C)c1O.Cc1cc2ccccc2[cH-]1.[Cl-].[Cl-].[Ti+3]. The van der Waals surface area contributed by atoms with Gasteiger partial charge in [-0.25, -0.2) is 0 Å². The Balaban J connectivity index is 0. The quantitative estimate of drug-likeness (QED) is 0.468. The van der Waals surface area contributed by atoms with Gasteiger partial charge in [0.05, 0.1) is 0 Å². The summed E-state index contributed by atoms with van der Waals surface area (Å²) in [6, 6.07) is 18.8. The number of aromatic hydroxyl groups is 1. The van der Waals surface area contributed by atoms with E-state index in [0.29, 0.717) is 17.6 Å². The zero-order valence-electron chi connectivity index (χ0n) is 16.1. The van der Waals surface area contributed by atoms with Gasteiger partial charge in [0.25, 0.3) is 0 Å². The molecule has 0 aliphatic heterocycles. The van der Waals surface area contributed by atoms with E-state index in [0.717, 1.165) is 11.1 Å². The first-order chi connectivity index (χ1) is 10.9. The van der Waals surface area contributed by atoms with Crippen LogP contribution in [0.1, 0.15) is 56.2 Å². The largest absolute Gasteiger partial charge is 3.00 e. The Labute approximate surface area is 185 Å². The number of halogens is 2. The maximum Gasteiger partial charge on any atom is 3.00 e. The van der Waals surface area contributed by atoms with Gasteiger partial charge in [-0.1, -0.05) is 58.9 Å². The number of para-hydroxylation sites is 1. The molecule has 1 nitrogen and oxygen atoms in total. The zero-order chi connectivity index (χ0) is 17.0. The van der Waals surface area contributed by atoms with Gasteiger partial charge in [0.1, 0.15) is 5.75 Å². The van der Waals surface area contributed by atoms with Crippen molar-refractivity contribution in [2.75, 3.05) is 0 Å². The number of rotatable bonds is 2. The van der Waals surface area contributed by atoms with Gasteiger partial charge in [0.15, 0.2) is 0 Å². The molecular weight excluding hydrogens is 399 g/mol. The molecule has 0 unspecified atom stereocenters. The first kappa shape index (κ1) is 27.4. The summed E-state index contributed by atoms with van der Waals surface area (Å²) in [5, 5.41) is 12.6. The molecule has 1 N–H and O–H groups in total. The monoisotopic (exact) mass is 425 g/mol. The molecule has 0 fully saturated rings. The molecule has 0 saturated carbocycles. The van der Waals surface area contributed by atoms with Crippen molar-refractivity contribution in [2.24, 2.45) is 0 Å². The van der Waals surface area contributed by atoms with Gasteiger partial charge in [0, 0.05) is 0 Å². The molecule has 0 heterocycles. The summed E-state index contributed by atoms with van der Waals surface area (Å²) in [6.07, 6.45) is 0. The third-order valence-electron chi connectivity index (χ3n) is 4.10. The summed E-state index contributed by atoms with van der Waals surface area (Å²) in [5.41, 5.74) is 3.44. The molecule has 1 radical (unpaired) electrons. The number of hydrogen-bond donors (Lipinski definition) is 1. The van der Waals surface area contributed by atoms with Crippen LogP contribution in [-0.4, -0.2) is 5.11 Å². The van der Waals surface area contributed by atoms with Gasteiger partial charge < -0.3 is 29.9 Å². The van der Waals surface area contributed by atoms with Crippen LogP contribution < -0.4 is 24.8 Å². The predicted molar refractivity (Wildman–Crippen MR) is 101 cm³/mol. The van der Waals surface area contributed by atoms with Crippen molar-refractivity contribution in [3.8, 4) is 5.75 Å². The molecule has 0 aromatic heterocycles. The smallest absolute Gasteiger partial charge is 1.00 e. The van der Waals surface area contributed by atoms with Gasteiger partial charge >= 0.3 is 21.7 Å². The van der Waals surface area contributed by atoms with E-state index >= 15 is 0 Å². The van der Waals surface area contributed by atoms with E-state index in [2.05, 4.69) is 71.0 Å². The van der Waals surface area contributed by atoms with Crippen LogP contribution in [0.4, 0.5) is 0 Å². The third kappa shape index (κ3) is 7.04. The Morgan fingerprint density at radius 1 is 0.808 bits per heavy atom. The molecule has 0 amide bonds. The van der Waals surface area contributed by atoms with E-state index < -0.39 is 0 Å². The second kappa shape index (κ2) is 12.5. The van der Waals surface area contributed by atoms with Crippen molar-refractivity contribution in [3.05, 3.63) is 71.3 Å². The van der Waals surface area contributed by atoms with Crippen molar-refractivity contribution < 1.29 is 51.6 Å². The van der Waals surface area contributed by atoms with Crippen molar-refractivity contribution in [3.63, 3.8) is 0 Å². The minimum atomic E-state index is 0. The van der Waals surface area contributed by atoms with Gasteiger partial charge in [-0.15, -0.1) is 40.6 Å². The van der Waals surface area contributed by atoms with Gasteiger partial charge in [-0.2, -0.15) is 6.07 Å². The fourth-order valence-corrected chi connectivity index (χ4v) is 2.82. The van der Waals surface area contributed by atoms with E-state index in [1.807, 2.05) is 18.2 Å². The number of fused-ring (bicyclic) bond motifs is 1. The van der Waals surface area contributed by atoms with Crippen LogP contribution in [0, 0.1) is 6.92 Å². The fraction of sp³-hybridized carbons (Fsp3) is 0.318. The molecule has 0 spiro atoms. The molecule has 3 aromatic carbocycles. The fourth-order valence-electron chi connectivity index (χ4n) is 2.82. The number of hydrogen-bond acceptors (Lipinski definition) is 1. The molecule has 0 bridgehead atoms. The Hall–Kier alpha value is -0.856. The summed E-state index contributed by atoms with van der Waals surface area (Å²) in [7, 11) is 0. The Bertz CT molecular complexity index is 719. The number of phenols is 1. The zero-order valence-corrected chi connectivity index (χ0v) is 19.1. The van der Waals surface area contributed by atoms with E-state index in [9.17, 15) is 5.11 Å². The van der Waals surface area contributed by atoms with E-state index in [1.165, 1.54) is 16.3 Å². The number of benzene rings is 2. The van der Waals surface area contributed by atoms with Crippen molar-refractivity contribution >= 4 is 10.8 Å². The minimum absolute atomic E-state index is 0. The van der Waals surface area contributed by atoms with Crippen LogP contribution in [0.5, 0.6) is 5.75 Å². The maximum atomic E-state index is 9.93. The van der Waals surface area contributed by atoms with Crippen LogP contribution >= 0.6 is 0 Å². The molecule has 3 aromatic rings. The predicted octanol–water partition coefficient (Wildman–Crippen LogP) is 0.512. The average Bonchev–Trinajstić information content (AvgIpc) is 2.87. The van der Waals surface area contributed by atoms with Crippen LogP contribution in [0.3, 0.4) is 0 Å². The van der Waals surface area contributed by atoms with E-state index in [-0.39, 0.29) is 46.5 Å². The summed E-state index contributed by atoms with van der Waals surface area (Å²) in [6.45, 7) is 10.5. The summed E-state index contributed by atoms with van der Waals surface area (Å²) >= 11 is 0. The Morgan fingerprint density at radius 3 is 1.77 bits per heavy atom. The third-order valence-corrected chi connectivity index (χ3v) is 4.10. The summed E-state index contributed by atoms with van der Waals surface area (Å²) in [5.74, 6) is 1.25. The second-order valence-corrected chi connectivity index (χ2v) is 6.76. The van der Waals surface area contributed by atoms with Crippen LogP contribution in [0.25, 0.3) is 10.8 Å². The normalized spacial score (nSPS) is 9.65. The Morgan fingerprint density at radius 2 is 1.31 bits per heavy atom. The molecule has 26 heavy (non-hydrogen) atoms. The molecule has 0 atom stereocenters. The van der Waals surface area contributed by atoms with Gasteiger partial charge in [-0.3, -0.25) is 0 Å². The van der Waals surface area contributed by atoms with E-state index in [4.69, 9.17) is 0 Å². The van der Waals surface area contributed by atoms with Crippen LogP contribution in [-0.2, 0) is 21.7 Å². The number of aryl methyl sites for hydroxylation is 1. The number of phenolic OH excluding ortho intramolecular Hbond substituents is 1. The molecular formula is C22H27Cl2OTi. The Kier molecular flexibility index (Phi) is 13.2. The average molecular weight is 426 g/mol. The minimum Gasteiger partial charge on any atom is -1.00 e. The summed E-state index contributed by atoms with van der Waals surface area (Å²) in [4.78, 5) is 0. The second-order valence-electron chi connectivity index (χ2n) is 6.76. The van der Waals surface area contributed by atoms with Crippen molar-refractivity contribution in [2.45, 2.75) is 46.5 Å². The molecule has 139 valence electrons. The summed E-state index contributed by atoms with van der Waals surface area (Å²) < 4.78 is 0. The van der Waals surface area contributed by atoms with Crippen LogP contribution in [0.2, 0.25) is 0 Å². The van der Waals surface area contributed by atoms with Crippen molar-refractivity contribution in [1.29, 1.82) is 0 Å². The molecule has 0 aliphatic carbocycles.